The summed E-state index contributed by atoms with van der Waals surface area (Å²) < 4.78 is 1.77. The van der Waals surface area contributed by atoms with Gasteiger partial charge in [0, 0.05) is 43.3 Å². The molecule has 1 aromatic carbocycles. The van der Waals surface area contributed by atoms with Crippen molar-refractivity contribution in [1.82, 2.24) is 20.1 Å². The van der Waals surface area contributed by atoms with Crippen molar-refractivity contribution in [2.45, 2.75) is 6.54 Å². The van der Waals surface area contributed by atoms with Gasteiger partial charge in [0.05, 0.1) is 17.3 Å². The molecule has 0 saturated carbocycles. The zero-order valence-electron chi connectivity index (χ0n) is 13.1. The van der Waals surface area contributed by atoms with E-state index in [1.807, 2.05) is 25.2 Å². The molecular formula is C18H15N5O. The number of carbonyl (C=O) groups excluding carboxylic acids is 1. The molecule has 6 heteroatoms. The van der Waals surface area contributed by atoms with E-state index in [0.717, 1.165) is 16.8 Å². The van der Waals surface area contributed by atoms with Crippen LogP contribution in [0.4, 0.5) is 0 Å². The Balaban J connectivity index is 1.69. The van der Waals surface area contributed by atoms with Gasteiger partial charge in [0.25, 0.3) is 5.91 Å². The van der Waals surface area contributed by atoms with E-state index in [9.17, 15) is 4.79 Å². The van der Waals surface area contributed by atoms with Crippen LogP contribution in [0.1, 0.15) is 21.5 Å². The van der Waals surface area contributed by atoms with E-state index in [-0.39, 0.29) is 5.91 Å². The third-order valence-electron chi connectivity index (χ3n) is 3.64. The van der Waals surface area contributed by atoms with Gasteiger partial charge in [-0.05, 0) is 42.0 Å². The molecule has 0 aliphatic heterocycles. The molecule has 3 aromatic rings. The van der Waals surface area contributed by atoms with Gasteiger partial charge in [0.2, 0.25) is 0 Å². The van der Waals surface area contributed by atoms with Crippen LogP contribution in [0, 0.1) is 11.3 Å². The van der Waals surface area contributed by atoms with Crippen LogP contribution in [0.3, 0.4) is 0 Å². The summed E-state index contributed by atoms with van der Waals surface area (Å²) in [5, 5.41) is 15.8. The number of benzene rings is 1. The van der Waals surface area contributed by atoms with Crippen LogP contribution in [-0.2, 0) is 13.6 Å². The lowest BCUT2D eigenvalue weighted by atomic mass is 10.1. The second-order valence-electron chi connectivity index (χ2n) is 5.29. The highest BCUT2D eigenvalue weighted by molar-refractivity contribution is 5.94. The fraction of sp³-hybridized carbons (Fsp3) is 0.111. The van der Waals surface area contributed by atoms with Crippen molar-refractivity contribution in [3.05, 3.63) is 71.7 Å². The van der Waals surface area contributed by atoms with Crippen molar-refractivity contribution in [2.24, 2.45) is 7.05 Å². The standard InChI is InChI=1S/C18H15N5O/c1-23-17(6-7-22-23)16-8-14(10-20-12-16)11-21-18(24)15-4-2-13(9-19)3-5-15/h2-8,10,12H,11H2,1H3,(H,21,24). The maximum absolute atomic E-state index is 12.2. The highest BCUT2D eigenvalue weighted by Gasteiger charge is 2.07. The average Bonchev–Trinajstić information content (AvgIpc) is 3.06. The molecule has 2 heterocycles. The number of nitrogens with one attached hydrogen (secondary N) is 1. The van der Waals surface area contributed by atoms with Gasteiger partial charge in [0.15, 0.2) is 0 Å². The Morgan fingerprint density at radius 2 is 2.04 bits per heavy atom. The fourth-order valence-electron chi connectivity index (χ4n) is 2.36. The van der Waals surface area contributed by atoms with E-state index in [0.29, 0.717) is 17.7 Å². The summed E-state index contributed by atoms with van der Waals surface area (Å²) in [6.45, 7) is 0.373. The summed E-state index contributed by atoms with van der Waals surface area (Å²) in [5.74, 6) is -0.189. The van der Waals surface area contributed by atoms with Crippen molar-refractivity contribution >= 4 is 5.91 Å². The lowest BCUT2D eigenvalue weighted by Crippen LogP contribution is -2.22. The van der Waals surface area contributed by atoms with Gasteiger partial charge in [-0.3, -0.25) is 14.5 Å². The third kappa shape index (κ3) is 3.31. The molecule has 6 nitrogen and oxygen atoms in total. The quantitative estimate of drug-likeness (QED) is 0.800. The minimum Gasteiger partial charge on any atom is -0.348 e. The Morgan fingerprint density at radius 1 is 1.25 bits per heavy atom. The number of aryl methyl sites for hydroxylation is 1. The number of hydrogen-bond donors (Lipinski definition) is 1. The molecule has 0 aliphatic carbocycles. The smallest absolute Gasteiger partial charge is 0.251 e. The molecule has 0 fully saturated rings. The zero-order chi connectivity index (χ0) is 16.9. The molecule has 0 radical (unpaired) electrons. The van der Waals surface area contributed by atoms with Gasteiger partial charge < -0.3 is 5.32 Å². The predicted molar refractivity (Wildman–Crippen MR) is 88.8 cm³/mol. The number of hydrogen-bond acceptors (Lipinski definition) is 4. The number of carbonyl (C=O) groups is 1. The van der Waals surface area contributed by atoms with Crippen molar-refractivity contribution < 1.29 is 4.79 Å². The van der Waals surface area contributed by atoms with Crippen molar-refractivity contribution in [1.29, 1.82) is 5.26 Å². The van der Waals surface area contributed by atoms with E-state index in [2.05, 4.69) is 15.4 Å². The second kappa shape index (κ2) is 6.75. The maximum atomic E-state index is 12.2. The first kappa shape index (κ1) is 15.4. The van der Waals surface area contributed by atoms with Crippen LogP contribution in [0.5, 0.6) is 0 Å². The first-order valence-electron chi connectivity index (χ1n) is 7.38. The normalized spacial score (nSPS) is 10.2. The molecular weight excluding hydrogens is 302 g/mol. The molecule has 1 amide bonds. The number of aromatic nitrogens is 3. The Morgan fingerprint density at radius 3 is 2.71 bits per heavy atom. The molecule has 3 rings (SSSR count). The summed E-state index contributed by atoms with van der Waals surface area (Å²) in [5.41, 5.74) is 3.85. The van der Waals surface area contributed by atoms with Crippen LogP contribution < -0.4 is 5.32 Å². The predicted octanol–water partition coefficient (Wildman–Crippen LogP) is 2.28. The molecule has 0 aliphatic rings. The molecule has 0 bridgehead atoms. The first-order chi connectivity index (χ1) is 11.7. The van der Waals surface area contributed by atoms with Crippen LogP contribution in [-0.4, -0.2) is 20.7 Å². The fourth-order valence-corrected chi connectivity index (χ4v) is 2.36. The van der Waals surface area contributed by atoms with Gasteiger partial charge in [-0.1, -0.05) is 0 Å². The van der Waals surface area contributed by atoms with Gasteiger partial charge in [-0.15, -0.1) is 0 Å². The number of pyridine rings is 1. The monoisotopic (exact) mass is 317 g/mol. The molecule has 1 N–H and O–H groups in total. The maximum Gasteiger partial charge on any atom is 0.251 e. The number of rotatable bonds is 4. The second-order valence-corrected chi connectivity index (χ2v) is 5.29. The minimum absolute atomic E-state index is 0.189. The summed E-state index contributed by atoms with van der Waals surface area (Å²) in [6, 6.07) is 12.4. The minimum atomic E-state index is -0.189. The highest BCUT2D eigenvalue weighted by atomic mass is 16.1. The largest absolute Gasteiger partial charge is 0.348 e. The molecule has 0 unspecified atom stereocenters. The molecule has 0 saturated heterocycles. The highest BCUT2D eigenvalue weighted by Crippen LogP contribution is 2.18. The van der Waals surface area contributed by atoms with Crippen molar-refractivity contribution in [2.75, 3.05) is 0 Å². The molecule has 0 atom stereocenters. The topological polar surface area (TPSA) is 83.6 Å². The van der Waals surface area contributed by atoms with Gasteiger partial charge in [-0.25, -0.2) is 0 Å². The summed E-state index contributed by atoms with van der Waals surface area (Å²) in [6.07, 6.45) is 5.22. The van der Waals surface area contributed by atoms with Gasteiger partial charge in [0.1, 0.15) is 0 Å². The number of nitrogens with zero attached hydrogens (tertiary/aromatic N) is 4. The van der Waals surface area contributed by atoms with Crippen LogP contribution in [0.2, 0.25) is 0 Å². The number of nitriles is 1. The zero-order valence-corrected chi connectivity index (χ0v) is 13.1. The third-order valence-corrected chi connectivity index (χ3v) is 3.64. The Bertz CT molecular complexity index is 906. The lowest BCUT2D eigenvalue weighted by Gasteiger charge is -2.07. The Hall–Kier alpha value is -3.46. The SMILES string of the molecule is Cn1nccc1-c1cncc(CNC(=O)c2ccc(C#N)cc2)c1. The van der Waals surface area contributed by atoms with E-state index < -0.39 is 0 Å². The molecule has 2 aromatic heterocycles. The number of amides is 1. The molecule has 24 heavy (non-hydrogen) atoms. The van der Waals surface area contributed by atoms with Crippen LogP contribution in [0.15, 0.2) is 55.0 Å². The van der Waals surface area contributed by atoms with Crippen molar-refractivity contribution in [3.63, 3.8) is 0 Å². The first-order valence-corrected chi connectivity index (χ1v) is 7.38. The van der Waals surface area contributed by atoms with Gasteiger partial charge in [-0.2, -0.15) is 10.4 Å². The van der Waals surface area contributed by atoms with E-state index in [1.54, 1.807) is 47.5 Å². The average molecular weight is 317 g/mol. The van der Waals surface area contributed by atoms with E-state index >= 15 is 0 Å². The molecule has 0 spiro atoms. The van der Waals surface area contributed by atoms with E-state index in [1.165, 1.54) is 0 Å². The Kier molecular flexibility index (Phi) is 4.34. The molecule has 118 valence electrons. The van der Waals surface area contributed by atoms with Crippen molar-refractivity contribution in [3.8, 4) is 17.3 Å². The summed E-state index contributed by atoms with van der Waals surface area (Å²) >= 11 is 0. The Labute approximate surface area is 139 Å². The van der Waals surface area contributed by atoms with Gasteiger partial charge >= 0.3 is 0 Å². The summed E-state index contributed by atoms with van der Waals surface area (Å²) in [7, 11) is 1.87. The lowest BCUT2D eigenvalue weighted by molar-refractivity contribution is 0.0951. The van der Waals surface area contributed by atoms with Crippen LogP contribution >= 0.6 is 0 Å². The van der Waals surface area contributed by atoms with E-state index in [4.69, 9.17) is 5.26 Å². The van der Waals surface area contributed by atoms with Crippen LogP contribution in [0.25, 0.3) is 11.3 Å². The summed E-state index contributed by atoms with van der Waals surface area (Å²) in [4.78, 5) is 16.4.